The second-order valence-corrected chi connectivity index (χ2v) is 3.22. The van der Waals surface area contributed by atoms with Crippen molar-refractivity contribution in [2.75, 3.05) is 0 Å². The summed E-state index contributed by atoms with van der Waals surface area (Å²) in [5.41, 5.74) is 7.77. The van der Waals surface area contributed by atoms with Gasteiger partial charge in [-0.15, -0.1) is 0 Å². The summed E-state index contributed by atoms with van der Waals surface area (Å²) in [5.74, 6) is 0. The molecule has 0 bridgehead atoms. The maximum Gasteiger partial charge on any atom is 0.0763 e. The van der Waals surface area contributed by atoms with Gasteiger partial charge in [0.15, 0.2) is 0 Å². The maximum absolute atomic E-state index is 5.51. The van der Waals surface area contributed by atoms with E-state index in [-0.39, 0.29) is 0 Å². The van der Waals surface area contributed by atoms with Crippen molar-refractivity contribution in [3.63, 3.8) is 0 Å². The van der Waals surface area contributed by atoms with Gasteiger partial charge in [0.1, 0.15) is 0 Å². The van der Waals surface area contributed by atoms with Gasteiger partial charge in [-0.25, -0.2) is 0 Å². The van der Waals surface area contributed by atoms with Gasteiger partial charge < -0.3 is 5.73 Å². The highest BCUT2D eigenvalue weighted by Gasteiger charge is 2.06. The molecule has 68 valence electrons. The van der Waals surface area contributed by atoms with Crippen molar-refractivity contribution in [2.45, 2.75) is 39.8 Å². The van der Waals surface area contributed by atoms with E-state index in [2.05, 4.69) is 31.9 Å². The van der Waals surface area contributed by atoms with Crippen LogP contribution in [0.25, 0.3) is 0 Å². The van der Waals surface area contributed by atoms with Crippen molar-refractivity contribution in [3.8, 4) is 0 Å². The molecule has 0 amide bonds. The Hall–Kier alpha value is -0.830. The minimum absolute atomic E-state index is 0.431. The lowest BCUT2D eigenvalue weighted by Crippen LogP contribution is -2.07. The summed E-state index contributed by atoms with van der Waals surface area (Å²) in [6.45, 7) is 6.93. The normalized spacial score (nSPS) is 11.1. The highest BCUT2D eigenvalue weighted by molar-refractivity contribution is 5.10. The molecule has 0 aromatic carbocycles. The van der Waals surface area contributed by atoms with Crippen LogP contribution >= 0.6 is 0 Å². The molecule has 0 unspecified atom stereocenters. The van der Waals surface area contributed by atoms with Crippen LogP contribution in [0.4, 0.5) is 0 Å². The van der Waals surface area contributed by atoms with Crippen molar-refractivity contribution in [2.24, 2.45) is 5.73 Å². The molecule has 0 radical (unpaired) electrons. The molecule has 1 rings (SSSR count). The second-order valence-electron chi connectivity index (χ2n) is 3.22. The summed E-state index contributed by atoms with van der Waals surface area (Å²) in [7, 11) is 0. The lowest BCUT2D eigenvalue weighted by molar-refractivity contribution is 0.507. The zero-order chi connectivity index (χ0) is 9.14. The standard InChI is InChI=1S/C9H17N3/c1-4-9-5-8(6-10)11-12(9)7(2)3/h5,7H,4,6,10H2,1-3H3. The van der Waals surface area contributed by atoms with E-state index in [1.807, 2.05) is 4.68 Å². The smallest absolute Gasteiger partial charge is 0.0763 e. The number of rotatable bonds is 3. The molecule has 3 nitrogen and oxygen atoms in total. The molecule has 3 heteroatoms. The van der Waals surface area contributed by atoms with E-state index < -0.39 is 0 Å². The first-order chi connectivity index (χ1) is 5.69. The molecule has 0 saturated carbocycles. The molecule has 0 fully saturated rings. The van der Waals surface area contributed by atoms with E-state index in [4.69, 9.17) is 5.73 Å². The summed E-state index contributed by atoms with van der Waals surface area (Å²) < 4.78 is 2.04. The molecule has 1 aromatic heterocycles. The van der Waals surface area contributed by atoms with Gasteiger partial charge >= 0.3 is 0 Å². The molecule has 0 aliphatic heterocycles. The quantitative estimate of drug-likeness (QED) is 0.741. The first kappa shape index (κ1) is 9.26. The SMILES string of the molecule is CCc1cc(CN)nn1C(C)C. The molecule has 0 aliphatic carbocycles. The Morgan fingerprint density at radius 1 is 1.58 bits per heavy atom. The first-order valence-electron chi connectivity index (χ1n) is 4.46. The van der Waals surface area contributed by atoms with E-state index in [1.54, 1.807) is 0 Å². The van der Waals surface area contributed by atoms with Gasteiger partial charge in [0.2, 0.25) is 0 Å². The predicted octanol–water partition coefficient (Wildman–Crippen LogP) is 1.49. The Morgan fingerprint density at radius 3 is 2.58 bits per heavy atom. The summed E-state index contributed by atoms with van der Waals surface area (Å²) in [6, 6.07) is 2.51. The van der Waals surface area contributed by atoms with E-state index in [0.717, 1.165) is 12.1 Å². The van der Waals surface area contributed by atoms with Crippen LogP contribution < -0.4 is 5.73 Å². The highest BCUT2D eigenvalue weighted by Crippen LogP contribution is 2.11. The van der Waals surface area contributed by atoms with Crippen LogP contribution in [0.1, 0.15) is 38.2 Å². The molecule has 0 atom stereocenters. The Morgan fingerprint density at radius 2 is 2.25 bits per heavy atom. The molecule has 12 heavy (non-hydrogen) atoms. The maximum atomic E-state index is 5.51. The van der Waals surface area contributed by atoms with Crippen LogP contribution in [0.3, 0.4) is 0 Å². The highest BCUT2D eigenvalue weighted by atomic mass is 15.3. The topological polar surface area (TPSA) is 43.8 Å². The molecule has 1 heterocycles. The average Bonchev–Trinajstić information content (AvgIpc) is 2.47. The minimum Gasteiger partial charge on any atom is -0.325 e. The fraction of sp³-hybridized carbons (Fsp3) is 0.667. The van der Waals surface area contributed by atoms with Crippen molar-refractivity contribution < 1.29 is 0 Å². The Bertz CT molecular complexity index is 250. The third-order valence-corrected chi connectivity index (χ3v) is 1.92. The number of aryl methyl sites for hydroxylation is 1. The average molecular weight is 167 g/mol. The molecule has 1 aromatic rings. The van der Waals surface area contributed by atoms with E-state index in [1.165, 1.54) is 5.69 Å². The number of nitrogens with zero attached hydrogens (tertiary/aromatic N) is 2. The zero-order valence-corrected chi connectivity index (χ0v) is 8.04. The zero-order valence-electron chi connectivity index (χ0n) is 8.04. The largest absolute Gasteiger partial charge is 0.325 e. The van der Waals surface area contributed by atoms with Crippen LogP contribution in [-0.2, 0) is 13.0 Å². The third kappa shape index (κ3) is 1.67. The molecular weight excluding hydrogens is 150 g/mol. The Labute approximate surface area is 73.6 Å². The lowest BCUT2D eigenvalue weighted by Gasteiger charge is -2.08. The van der Waals surface area contributed by atoms with E-state index in [0.29, 0.717) is 12.6 Å². The van der Waals surface area contributed by atoms with Crippen LogP contribution in [0.15, 0.2) is 6.07 Å². The van der Waals surface area contributed by atoms with Crippen LogP contribution in [0, 0.1) is 0 Å². The minimum atomic E-state index is 0.431. The lowest BCUT2D eigenvalue weighted by atomic mass is 10.3. The Kier molecular flexibility index (Phi) is 2.87. The Balaban J connectivity index is 3.00. The molecule has 0 spiro atoms. The van der Waals surface area contributed by atoms with E-state index in [9.17, 15) is 0 Å². The van der Waals surface area contributed by atoms with Crippen molar-refractivity contribution >= 4 is 0 Å². The fourth-order valence-corrected chi connectivity index (χ4v) is 1.30. The number of aromatic nitrogens is 2. The molecule has 0 aliphatic rings. The van der Waals surface area contributed by atoms with Crippen LogP contribution in [0.5, 0.6) is 0 Å². The van der Waals surface area contributed by atoms with Crippen molar-refractivity contribution in [1.29, 1.82) is 0 Å². The van der Waals surface area contributed by atoms with Gasteiger partial charge in [0.05, 0.1) is 5.69 Å². The number of hydrogen-bond acceptors (Lipinski definition) is 2. The van der Waals surface area contributed by atoms with Gasteiger partial charge in [-0.3, -0.25) is 4.68 Å². The number of nitrogens with two attached hydrogens (primary N) is 1. The van der Waals surface area contributed by atoms with Crippen LogP contribution in [-0.4, -0.2) is 9.78 Å². The number of hydrogen-bond donors (Lipinski definition) is 1. The second kappa shape index (κ2) is 3.72. The summed E-state index contributed by atoms with van der Waals surface area (Å²) in [5, 5.41) is 4.39. The van der Waals surface area contributed by atoms with Gasteiger partial charge in [0, 0.05) is 18.3 Å². The summed E-state index contributed by atoms with van der Waals surface area (Å²) in [4.78, 5) is 0. The third-order valence-electron chi connectivity index (χ3n) is 1.92. The summed E-state index contributed by atoms with van der Waals surface area (Å²) >= 11 is 0. The van der Waals surface area contributed by atoms with Gasteiger partial charge in [-0.1, -0.05) is 6.92 Å². The summed E-state index contributed by atoms with van der Waals surface area (Å²) in [6.07, 6.45) is 1.02. The van der Waals surface area contributed by atoms with Gasteiger partial charge in [-0.05, 0) is 26.3 Å². The predicted molar refractivity (Wildman–Crippen MR) is 49.9 cm³/mol. The fourth-order valence-electron chi connectivity index (χ4n) is 1.30. The molecule has 2 N–H and O–H groups in total. The first-order valence-corrected chi connectivity index (χ1v) is 4.46. The van der Waals surface area contributed by atoms with Gasteiger partial charge in [-0.2, -0.15) is 5.10 Å². The van der Waals surface area contributed by atoms with E-state index >= 15 is 0 Å². The monoisotopic (exact) mass is 167 g/mol. The van der Waals surface area contributed by atoms with Gasteiger partial charge in [0.25, 0.3) is 0 Å². The molecular formula is C9H17N3. The molecule has 0 saturated heterocycles. The van der Waals surface area contributed by atoms with Crippen LogP contribution in [0.2, 0.25) is 0 Å². The van der Waals surface area contributed by atoms with Crippen molar-refractivity contribution in [1.82, 2.24) is 9.78 Å². The van der Waals surface area contributed by atoms with Crippen molar-refractivity contribution in [3.05, 3.63) is 17.5 Å².